The molecule has 1 aliphatic rings. The second kappa shape index (κ2) is 8.49. The van der Waals surface area contributed by atoms with Gasteiger partial charge in [0.1, 0.15) is 18.1 Å². The fourth-order valence-electron chi connectivity index (χ4n) is 3.03. The number of rotatable bonds is 5. The maximum atomic E-state index is 13.7. The summed E-state index contributed by atoms with van der Waals surface area (Å²) in [7, 11) is 0. The Bertz CT molecular complexity index is 1200. The number of hydrogen-bond acceptors (Lipinski definition) is 5. The largest absolute Gasteiger partial charge is 0.508 e. The first-order valence-electron chi connectivity index (χ1n) is 9.19. The molecule has 2 aromatic carbocycles. The van der Waals surface area contributed by atoms with Crippen LogP contribution in [0.1, 0.15) is 5.69 Å². The van der Waals surface area contributed by atoms with Crippen LogP contribution < -0.4 is 5.32 Å². The number of aromatic nitrogens is 1. The van der Waals surface area contributed by atoms with Gasteiger partial charge in [0.15, 0.2) is 0 Å². The van der Waals surface area contributed by atoms with Crippen LogP contribution in [-0.4, -0.2) is 38.2 Å². The van der Waals surface area contributed by atoms with Crippen LogP contribution in [0.2, 0.25) is 0 Å². The molecular formula is C22H16FN3O4S. The first-order chi connectivity index (χ1) is 14.9. The Morgan fingerprint density at radius 2 is 1.81 bits per heavy atom. The highest BCUT2D eigenvalue weighted by Crippen LogP contribution is 2.32. The minimum atomic E-state index is -0.680. The van der Waals surface area contributed by atoms with E-state index < -0.39 is 29.4 Å². The molecule has 0 saturated carbocycles. The number of anilines is 1. The minimum absolute atomic E-state index is 0.0262. The first-order valence-corrected chi connectivity index (χ1v) is 10.0. The average molecular weight is 437 g/mol. The lowest BCUT2D eigenvalue weighted by molar-refractivity contribution is -0.127. The Kier molecular flexibility index (Phi) is 5.59. The zero-order valence-electron chi connectivity index (χ0n) is 16.0. The van der Waals surface area contributed by atoms with Crippen molar-refractivity contribution < 1.29 is 23.9 Å². The molecule has 1 fully saturated rings. The molecule has 4 rings (SSSR count). The summed E-state index contributed by atoms with van der Waals surface area (Å²) < 4.78 is 15.5. The molecule has 0 unspecified atom stereocenters. The summed E-state index contributed by atoms with van der Waals surface area (Å²) in [6, 6.07) is 15.7. The Morgan fingerprint density at radius 1 is 1.06 bits per heavy atom. The molecule has 3 aromatic rings. The second-order valence-electron chi connectivity index (χ2n) is 6.62. The van der Waals surface area contributed by atoms with Crippen LogP contribution in [-0.2, 0) is 9.59 Å². The summed E-state index contributed by atoms with van der Waals surface area (Å²) in [6.07, 6.45) is 3.34. The molecule has 7 nitrogen and oxygen atoms in total. The lowest BCUT2D eigenvalue weighted by Crippen LogP contribution is -2.36. The van der Waals surface area contributed by atoms with Crippen molar-refractivity contribution in [2.24, 2.45) is 0 Å². The molecule has 0 spiro atoms. The molecule has 1 saturated heterocycles. The number of carbonyl (C=O) groups is 3. The van der Waals surface area contributed by atoms with Gasteiger partial charge in [-0.05, 0) is 66.4 Å². The molecule has 3 amide bonds. The summed E-state index contributed by atoms with van der Waals surface area (Å²) in [5.74, 6) is -1.76. The van der Waals surface area contributed by atoms with Gasteiger partial charge in [0.25, 0.3) is 11.1 Å². The van der Waals surface area contributed by atoms with Crippen molar-refractivity contribution in [2.75, 3.05) is 11.9 Å². The number of amides is 3. The Morgan fingerprint density at radius 3 is 2.55 bits per heavy atom. The van der Waals surface area contributed by atoms with Gasteiger partial charge < -0.3 is 15.0 Å². The third kappa shape index (κ3) is 4.36. The Balaban J connectivity index is 1.51. The van der Waals surface area contributed by atoms with Crippen LogP contribution in [0.3, 0.4) is 0 Å². The fraction of sp³-hybridized carbons (Fsp3) is 0.0455. The molecule has 2 heterocycles. The van der Waals surface area contributed by atoms with Gasteiger partial charge in [-0.1, -0.05) is 12.1 Å². The third-order valence-electron chi connectivity index (χ3n) is 4.51. The fourth-order valence-corrected chi connectivity index (χ4v) is 3.85. The molecule has 0 radical (unpaired) electrons. The molecule has 31 heavy (non-hydrogen) atoms. The van der Waals surface area contributed by atoms with Crippen LogP contribution in [0.25, 0.3) is 11.8 Å². The molecule has 9 heteroatoms. The number of halogens is 1. The number of thioether (sulfide) groups is 1. The van der Waals surface area contributed by atoms with Gasteiger partial charge in [-0.25, -0.2) is 4.39 Å². The molecule has 0 atom stereocenters. The van der Waals surface area contributed by atoms with E-state index in [1.54, 1.807) is 59.3 Å². The van der Waals surface area contributed by atoms with Crippen molar-refractivity contribution in [2.45, 2.75) is 0 Å². The highest BCUT2D eigenvalue weighted by molar-refractivity contribution is 8.18. The molecular weight excluding hydrogens is 421 g/mol. The summed E-state index contributed by atoms with van der Waals surface area (Å²) in [5, 5.41) is 11.2. The van der Waals surface area contributed by atoms with E-state index in [1.807, 2.05) is 0 Å². The number of benzene rings is 2. The van der Waals surface area contributed by atoms with E-state index in [4.69, 9.17) is 0 Å². The number of nitrogens with one attached hydrogen (secondary N) is 1. The van der Waals surface area contributed by atoms with E-state index in [9.17, 15) is 23.9 Å². The van der Waals surface area contributed by atoms with E-state index in [0.29, 0.717) is 5.69 Å². The van der Waals surface area contributed by atoms with Crippen LogP contribution in [0.15, 0.2) is 71.8 Å². The Hall–Kier alpha value is -3.85. The molecule has 2 N–H and O–H groups in total. The van der Waals surface area contributed by atoms with Gasteiger partial charge in [-0.3, -0.25) is 19.3 Å². The van der Waals surface area contributed by atoms with Gasteiger partial charge in [-0.15, -0.1) is 0 Å². The quantitative estimate of drug-likeness (QED) is 0.589. The van der Waals surface area contributed by atoms with Crippen molar-refractivity contribution >= 4 is 40.6 Å². The monoisotopic (exact) mass is 437 g/mol. The molecule has 1 aromatic heterocycles. The van der Waals surface area contributed by atoms with Crippen molar-refractivity contribution in [3.63, 3.8) is 0 Å². The van der Waals surface area contributed by atoms with E-state index in [0.717, 1.165) is 22.3 Å². The van der Waals surface area contributed by atoms with Gasteiger partial charge in [-0.2, -0.15) is 0 Å². The first kappa shape index (κ1) is 20.4. The molecule has 0 aliphatic carbocycles. The third-order valence-corrected chi connectivity index (χ3v) is 5.42. The SMILES string of the molecule is O=C(CN1C(=O)S/C(=C/c2cccn2-c2ccc(O)cc2)C1=O)Nc1ccccc1F. The predicted octanol–water partition coefficient (Wildman–Crippen LogP) is 4.00. The number of nitrogens with zero attached hydrogens (tertiary/aromatic N) is 2. The molecule has 0 bridgehead atoms. The van der Waals surface area contributed by atoms with E-state index in [1.165, 1.54) is 18.2 Å². The number of imide groups is 1. The number of phenolic OH excluding ortho intramolecular Hbond substituents is 1. The van der Waals surface area contributed by atoms with Crippen LogP contribution in [0, 0.1) is 5.82 Å². The number of aromatic hydroxyl groups is 1. The molecule has 156 valence electrons. The number of para-hydroxylation sites is 1. The van der Waals surface area contributed by atoms with Crippen molar-refractivity contribution in [1.82, 2.24) is 9.47 Å². The zero-order chi connectivity index (χ0) is 22.0. The van der Waals surface area contributed by atoms with Crippen LogP contribution in [0.5, 0.6) is 5.75 Å². The van der Waals surface area contributed by atoms with Crippen LogP contribution >= 0.6 is 11.8 Å². The van der Waals surface area contributed by atoms with Gasteiger partial charge in [0.05, 0.1) is 10.6 Å². The minimum Gasteiger partial charge on any atom is -0.508 e. The normalized spacial score (nSPS) is 15.0. The topological polar surface area (TPSA) is 91.6 Å². The average Bonchev–Trinajstić information content (AvgIpc) is 3.30. The standard InChI is InChI=1S/C22H16FN3O4S/c23-17-5-1-2-6-18(17)24-20(28)13-26-21(29)19(31-22(26)30)12-15-4-3-11-25(15)14-7-9-16(27)10-8-14/h1-12,27H,13H2,(H,24,28)/b19-12+. The van der Waals surface area contributed by atoms with Gasteiger partial charge in [0.2, 0.25) is 5.91 Å². The van der Waals surface area contributed by atoms with E-state index in [2.05, 4.69) is 5.32 Å². The predicted molar refractivity (Wildman–Crippen MR) is 115 cm³/mol. The summed E-state index contributed by atoms with van der Waals surface area (Å²) in [5.41, 5.74) is 1.38. The highest BCUT2D eigenvalue weighted by Gasteiger charge is 2.36. The number of phenols is 1. The Labute approximate surface area is 180 Å². The zero-order valence-corrected chi connectivity index (χ0v) is 16.8. The maximum Gasteiger partial charge on any atom is 0.294 e. The van der Waals surface area contributed by atoms with E-state index in [-0.39, 0.29) is 16.3 Å². The van der Waals surface area contributed by atoms with Crippen molar-refractivity contribution in [1.29, 1.82) is 0 Å². The lowest BCUT2D eigenvalue weighted by Gasteiger charge is -2.12. The lowest BCUT2D eigenvalue weighted by atomic mass is 10.3. The molecule has 1 aliphatic heterocycles. The van der Waals surface area contributed by atoms with Gasteiger partial charge >= 0.3 is 0 Å². The van der Waals surface area contributed by atoms with Crippen LogP contribution in [0.4, 0.5) is 14.9 Å². The second-order valence-corrected chi connectivity index (χ2v) is 7.61. The van der Waals surface area contributed by atoms with Crippen molar-refractivity contribution in [3.05, 3.63) is 83.3 Å². The van der Waals surface area contributed by atoms with E-state index >= 15 is 0 Å². The highest BCUT2D eigenvalue weighted by atomic mass is 32.2. The number of hydrogen-bond donors (Lipinski definition) is 2. The van der Waals surface area contributed by atoms with Gasteiger partial charge in [0, 0.05) is 17.6 Å². The summed E-state index contributed by atoms with van der Waals surface area (Å²) in [4.78, 5) is 38.2. The summed E-state index contributed by atoms with van der Waals surface area (Å²) in [6.45, 7) is -0.519. The maximum absolute atomic E-state index is 13.7. The number of carbonyl (C=O) groups excluding carboxylic acids is 3. The van der Waals surface area contributed by atoms with Crippen molar-refractivity contribution in [3.8, 4) is 11.4 Å². The summed E-state index contributed by atoms with van der Waals surface area (Å²) >= 11 is 0.729. The smallest absolute Gasteiger partial charge is 0.294 e.